The lowest BCUT2D eigenvalue weighted by molar-refractivity contribution is 0.0919. The summed E-state index contributed by atoms with van der Waals surface area (Å²) in [6.07, 6.45) is 0. The normalized spacial score (nSPS) is 12.3. The molecule has 3 aromatic rings. The fraction of sp³-hybridized carbons (Fsp3) is 0.130. The van der Waals surface area contributed by atoms with Crippen LogP contribution >= 0.6 is 0 Å². The number of hydrogen-bond donors (Lipinski definition) is 0. The molecule has 0 unspecified atom stereocenters. The summed E-state index contributed by atoms with van der Waals surface area (Å²) in [6, 6.07) is 20.9. The average Bonchev–Trinajstić information content (AvgIpc) is 2.77. The molecule has 4 rings (SSSR count). The van der Waals surface area contributed by atoms with Crippen LogP contribution in [0.15, 0.2) is 72.8 Å². The topological polar surface area (TPSA) is 61.8 Å². The highest BCUT2D eigenvalue weighted by molar-refractivity contribution is 6.09. The van der Waals surface area contributed by atoms with Crippen LogP contribution in [-0.4, -0.2) is 31.4 Å². The maximum Gasteiger partial charge on any atom is 0.200 e. The van der Waals surface area contributed by atoms with E-state index in [4.69, 9.17) is 14.2 Å². The van der Waals surface area contributed by atoms with Crippen molar-refractivity contribution in [3.63, 3.8) is 0 Å². The Labute approximate surface area is 162 Å². The van der Waals surface area contributed by atoms with Gasteiger partial charge in [-0.2, -0.15) is 0 Å². The first-order valence-electron chi connectivity index (χ1n) is 8.96. The predicted molar refractivity (Wildman–Crippen MR) is 104 cm³/mol. The number of rotatable bonds is 6. The molecular formula is C23H18O5. The third-order valence-electron chi connectivity index (χ3n) is 4.39. The van der Waals surface area contributed by atoms with Gasteiger partial charge in [0.15, 0.2) is 29.7 Å². The van der Waals surface area contributed by atoms with Gasteiger partial charge in [0.2, 0.25) is 0 Å². The van der Waals surface area contributed by atoms with E-state index in [0.717, 1.165) is 0 Å². The van der Waals surface area contributed by atoms with E-state index in [2.05, 4.69) is 0 Å². The average molecular weight is 374 g/mol. The summed E-state index contributed by atoms with van der Waals surface area (Å²) in [5, 5.41) is 0. The molecule has 0 radical (unpaired) electrons. The fourth-order valence-electron chi connectivity index (χ4n) is 2.91. The van der Waals surface area contributed by atoms with Gasteiger partial charge in [0.1, 0.15) is 19.0 Å². The highest BCUT2D eigenvalue weighted by Crippen LogP contribution is 2.30. The number of hydrogen-bond acceptors (Lipinski definition) is 5. The summed E-state index contributed by atoms with van der Waals surface area (Å²) < 4.78 is 16.5. The maximum atomic E-state index is 12.4. The Morgan fingerprint density at radius 1 is 0.750 bits per heavy atom. The molecule has 0 saturated carbocycles. The summed E-state index contributed by atoms with van der Waals surface area (Å²) in [4.78, 5) is 24.8. The number of benzene rings is 3. The molecule has 5 heteroatoms. The van der Waals surface area contributed by atoms with Crippen molar-refractivity contribution in [2.24, 2.45) is 0 Å². The summed E-state index contributed by atoms with van der Waals surface area (Å²) >= 11 is 0. The quantitative estimate of drug-likeness (QED) is 0.612. The smallest absolute Gasteiger partial charge is 0.200 e. The molecule has 5 nitrogen and oxygen atoms in total. The molecule has 140 valence electrons. The van der Waals surface area contributed by atoms with Crippen molar-refractivity contribution >= 4 is 11.6 Å². The van der Waals surface area contributed by atoms with Crippen LogP contribution in [0.5, 0.6) is 17.2 Å². The van der Waals surface area contributed by atoms with Gasteiger partial charge in [-0.15, -0.1) is 0 Å². The molecule has 0 aromatic heterocycles. The van der Waals surface area contributed by atoms with Gasteiger partial charge < -0.3 is 14.2 Å². The van der Waals surface area contributed by atoms with Crippen molar-refractivity contribution in [1.82, 2.24) is 0 Å². The van der Waals surface area contributed by atoms with E-state index < -0.39 is 0 Å². The van der Waals surface area contributed by atoms with Crippen molar-refractivity contribution in [3.8, 4) is 17.2 Å². The van der Waals surface area contributed by atoms with Crippen LogP contribution in [0.2, 0.25) is 0 Å². The van der Waals surface area contributed by atoms with Gasteiger partial charge in [0, 0.05) is 16.7 Å². The summed E-state index contributed by atoms with van der Waals surface area (Å²) in [5.74, 6) is 1.51. The molecule has 3 aromatic carbocycles. The second kappa shape index (κ2) is 7.96. The second-order valence-electron chi connectivity index (χ2n) is 6.29. The minimum atomic E-state index is -0.165. The highest BCUT2D eigenvalue weighted by Gasteiger charge is 2.15. The van der Waals surface area contributed by atoms with Crippen LogP contribution in [-0.2, 0) is 0 Å². The van der Waals surface area contributed by atoms with Crippen LogP contribution in [0, 0.1) is 0 Å². The molecule has 0 fully saturated rings. The van der Waals surface area contributed by atoms with Gasteiger partial charge in [-0.1, -0.05) is 30.3 Å². The first kappa shape index (κ1) is 17.8. The lowest BCUT2D eigenvalue weighted by Crippen LogP contribution is -2.17. The molecule has 0 amide bonds. The zero-order chi connectivity index (χ0) is 19.3. The van der Waals surface area contributed by atoms with E-state index in [-0.39, 0.29) is 18.2 Å². The van der Waals surface area contributed by atoms with E-state index in [1.54, 1.807) is 54.6 Å². The van der Waals surface area contributed by atoms with Crippen molar-refractivity contribution in [2.45, 2.75) is 0 Å². The minimum Gasteiger partial charge on any atom is -0.486 e. The first-order chi connectivity index (χ1) is 13.7. The molecule has 0 spiro atoms. The molecule has 0 saturated heterocycles. The van der Waals surface area contributed by atoms with Gasteiger partial charge in [0.05, 0.1) is 0 Å². The van der Waals surface area contributed by atoms with Gasteiger partial charge in [-0.3, -0.25) is 9.59 Å². The Morgan fingerprint density at radius 3 is 2.14 bits per heavy atom. The van der Waals surface area contributed by atoms with Gasteiger partial charge in [-0.25, -0.2) is 0 Å². The number of ether oxygens (including phenoxy) is 3. The molecule has 0 bridgehead atoms. The standard InChI is InChI=1S/C23H18O5/c24-20(18-8-11-21-22(14-18)27-13-12-26-21)15-28-19-9-6-17(7-10-19)23(25)16-4-2-1-3-5-16/h1-11,14H,12-13,15H2. The Kier molecular flexibility index (Phi) is 5.06. The summed E-state index contributed by atoms with van der Waals surface area (Å²) in [6.45, 7) is 0.868. The van der Waals surface area contributed by atoms with Gasteiger partial charge >= 0.3 is 0 Å². The molecular weight excluding hydrogens is 356 g/mol. The lowest BCUT2D eigenvalue weighted by Gasteiger charge is -2.18. The van der Waals surface area contributed by atoms with Crippen LogP contribution in [0.1, 0.15) is 26.3 Å². The monoisotopic (exact) mass is 374 g/mol. The van der Waals surface area contributed by atoms with E-state index in [1.165, 1.54) is 0 Å². The number of ketones is 2. The number of carbonyl (C=O) groups excluding carboxylic acids is 2. The Bertz CT molecular complexity index is 993. The SMILES string of the molecule is O=C(COc1ccc(C(=O)c2ccccc2)cc1)c1ccc2c(c1)OCCO2. The van der Waals surface area contributed by atoms with Crippen molar-refractivity contribution in [1.29, 1.82) is 0 Å². The molecule has 1 aliphatic heterocycles. The molecule has 1 heterocycles. The maximum absolute atomic E-state index is 12.4. The van der Waals surface area contributed by atoms with Crippen LogP contribution < -0.4 is 14.2 Å². The van der Waals surface area contributed by atoms with E-state index in [1.807, 2.05) is 18.2 Å². The highest BCUT2D eigenvalue weighted by atomic mass is 16.6. The molecule has 0 atom stereocenters. The Hall–Kier alpha value is -3.60. The largest absolute Gasteiger partial charge is 0.486 e. The lowest BCUT2D eigenvalue weighted by atomic mass is 10.0. The van der Waals surface area contributed by atoms with E-state index in [9.17, 15) is 9.59 Å². The third-order valence-corrected chi connectivity index (χ3v) is 4.39. The van der Waals surface area contributed by atoms with Gasteiger partial charge in [0.25, 0.3) is 0 Å². The van der Waals surface area contributed by atoms with Crippen molar-refractivity contribution in [2.75, 3.05) is 19.8 Å². The zero-order valence-electron chi connectivity index (χ0n) is 15.1. The summed E-state index contributed by atoms with van der Waals surface area (Å²) in [5.41, 5.74) is 1.70. The van der Waals surface area contributed by atoms with E-state index in [0.29, 0.717) is 47.2 Å². The molecule has 0 aliphatic carbocycles. The Balaban J connectivity index is 1.38. The predicted octanol–water partition coefficient (Wildman–Crippen LogP) is 3.95. The fourth-order valence-corrected chi connectivity index (χ4v) is 2.91. The van der Waals surface area contributed by atoms with Crippen molar-refractivity contribution < 1.29 is 23.8 Å². The van der Waals surface area contributed by atoms with Crippen LogP contribution in [0.4, 0.5) is 0 Å². The number of Topliss-reactive ketones (excluding diaryl/α,β-unsaturated/α-hetero) is 1. The van der Waals surface area contributed by atoms with Crippen LogP contribution in [0.25, 0.3) is 0 Å². The summed E-state index contributed by atoms with van der Waals surface area (Å²) in [7, 11) is 0. The molecule has 1 aliphatic rings. The van der Waals surface area contributed by atoms with E-state index >= 15 is 0 Å². The first-order valence-corrected chi connectivity index (χ1v) is 8.96. The third kappa shape index (κ3) is 3.88. The number of carbonyl (C=O) groups is 2. The number of fused-ring (bicyclic) bond motifs is 1. The molecule has 0 N–H and O–H groups in total. The second-order valence-corrected chi connectivity index (χ2v) is 6.29. The molecule has 28 heavy (non-hydrogen) atoms. The van der Waals surface area contributed by atoms with Gasteiger partial charge in [-0.05, 0) is 42.5 Å². The zero-order valence-corrected chi connectivity index (χ0v) is 15.1. The van der Waals surface area contributed by atoms with Crippen LogP contribution in [0.3, 0.4) is 0 Å². The van der Waals surface area contributed by atoms with Crippen molar-refractivity contribution in [3.05, 3.63) is 89.5 Å². The minimum absolute atomic E-state index is 0.0560. The Morgan fingerprint density at radius 2 is 1.39 bits per heavy atom.